The normalized spacial score (nSPS) is 22.6. The number of ketones is 1. The first kappa shape index (κ1) is 23.0. The van der Waals surface area contributed by atoms with Crippen molar-refractivity contribution in [3.63, 3.8) is 0 Å². The van der Waals surface area contributed by atoms with Crippen LogP contribution in [0.1, 0.15) is 70.6 Å². The van der Waals surface area contributed by atoms with Crippen molar-refractivity contribution < 1.29 is 14.3 Å². The molecule has 2 atom stereocenters. The van der Waals surface area contributed by atoms with Gasteiger partial charge in [-0.1, -0.05) is 66.7 Å². The molecule has 0 N–H and O–H groups in total. The Bertz CT molecular complexity index is 1250. The summed E-state index contributed by atoms with van der Waals surface area (Å²) in [6.07, 6.45) is 4.23. The molecule has 3 aromatic carbocycles. The fraction of sp³-hybridized carbons (Fsp3) is 0.375. The molecule has 2 bridgehead atoms. The molecule has 4 heteroatoms. The zero-order valence-corrected chi connectivity index (χ0v) is 21.1. The highest BCUT2D eigenvalue weighted by Crippen LogP contribution is 2.45. The van der Waals surface area contributed by atoms with Crippen LogP contribution in [0.2, 0.25) is 0 Å². The maximum atomic E-state index is 13.5. The summed E-state index contributed by atoms with van der Waals surface area (Å²) in [5.41, 5.74) is 7.88. The van der Waals surface area contributed by atoms with Crippen LogP contribution >= 0.6 is 0 Å². The minimum atomic E-state index is -0.218. The third-order valence-corrected chi connectivity index (χ3v) is 8.62. The number of aryl methyl sites for hydroxylation is 2. The smallest absolute Gasteiger partial charge is 0.410 e. The van der Waals surface area contributed by atoms with Gasteiger partial charge in [-0.3, -0.25) is 4.79 Å². The van der Waals surface area contributed by atoms with E-state index in [1.807, 2.05) is 36.9 Å². The minimum absolute atomic E-state index is 0.0299. The fourth-order valence-electron chi connectivity index (χ4n) is 6.97. The van der Waals surface area contributed by atoms with E-state index in [0.717, 1.165) is 48.8 Å². The molecule has 0 saturated carbocycles. The summed E-state index contributed by atoms with van der Waals surface area (Å²) < 4.78 is 6.04. The van der Waals surface area contributed by atoms with Crippen LogP contribution in [0.5, 0.6) is 0 Å². The summed E-state index contributed by atoms with van der Waals surface area (Å²) in [5, 5.41) is 0. The summed E-state index contributed by atoms with van der Waals surface area (Å²) >= 11 is 0. The molecule has 4 nitrogen and oxygen atoms in total. The van der Waals surface area contributed by atoms with Gasteiger partial charge >= 0.3 is 6.09 Å². The van der Waals surface area contributed by atoms with Gasteiger partial charge in [-0.15, -0.1) is 0 Å². The SMILES string of the molecule is Cc1cccc(C)c1C(=O)C1CC2CCCC(C1)N2C(=O)OCC1c2ccccc2-c2ccccc21. The van der Waals surface area contributed by atoms with Crippen LogP contribution in [0.25, 0.3) is 11.1 Å². The average molecular weight is 480 g/mol. The Hall–Kier alpha value is -3.40. The van der Waals surface area contributed by atoms with Gasteiger partial charge in [-0.2, -0.15) is 0 Å². The lowest BCUT2D eigenvalue weighted by Crippen LogP contribution is -2.56. The summed E-state index contributed by atoms with van der Waals surface area (Å²) in [6.45, 7) is 4.38. The maximum absolute atomic E-state index is 13.5. The van der Waals surface area contributed by atoms with Gasteiger partial charge in [0.25, 0.3) is 0 Å². The van der Waals surface area contributed by atoms with Crippen LogP contribution in [0.4, 0.5) is 4.79 Å². The Morgan fingerprint density at radius 1 is 0.806 bits per heavy atom. The van der Waals surface area contributed by atoms with Crippen molar-refractivity contribution in [2.24, 2.45) is 5.92 Å². The molecule has 1 aliphatic carbocycles. The molecular formula is C32H33NO3. The summed E-state index contributed by atoms with van der Waals surface area (Å²) in [6, 6.07) is 23.0. The highest BCUT2D eigenvalue weighted by atomic mass is 16.6. The zero-order valence-electron chi connectivity index (χ0n) is 21.1. The van der Waals surface area contributed by atoms with Gasteiger partial charge in [0.2, 0.25) is 0 Å². The molecule has 0 aromatic heterocycles. The van der Waals surface area contributed by atoms with Crippen LogP contribution in [0.3, 0.4) is 0 Å². The highest BCUT2D eigenvalue weighted by molar-refractivity contribution is 6.00. The number of rotatable bonds is 4. The van der Waals surface area contributed by atoms with E-state index in [1.165, 1.54) is 22.3 Å². The largest absolute Gasteiger partial charge is 0.448 e. The number of Topliss-reactive ketones (excluding diaryl/α,β-unsaturated/α-hetero) is 1. The molecule has 2 heterocycles. The number of carbonyl (C=O) groups excluding carboxylic acids is 2. The molecule has 0 spiro atoms. The van der Waals surface area contributed by atoms with E-state index in [9.17, 15) is 9.59 Å². The van der Waals surface area contributed by atoms with Gasteiger partial charge in [0.1, 0.15) is 6.61 Å². The molecule has 0 radical (unpaired) electrons. The lowest BCUT2D eigenvalue weighted by Gasteiger charge is -2.47. The van der Waals surface area contributed by atoms with Gasteiger partial charge in [-0.25, -0.2) is 4.79 Å². The van der Waals surface area contributed by atoms with Gasteiger partial charge in [0.15, 0.2) is 5.78 Å². The lowest BCUT2D eigenvalue weighted by molar-refractivity contribution is 0.00647. The van der Waals surface area contributed by atoms with Crippen LogP contribution < -0.4 is 0 Å². The van der Waals surface area contributed by atoms with Crippen molar-refractivity contribution >= 4 is 11.9 Å². The maximum Gasteiger partial charge on any atom is 0.410 e. The van der Waals surface area contributed by atoms with Crippen molar-refractivity contribution in [1.29, 1.82) is 0 Å². The summed E-state index contributed by atoms with van der Waals surface area (Å²) in [4.78, 5) is 29.0. The van der Waals surface area contributed by atoms with Crippen molar-refractivity contribution in [2.75, 3.05) is 6.61 Å². The van der Waals surface area contributed by atoms with E-state index in [0.29, 0.717) is 6.61 Å². The minimum Gasteiger partial charge on any atom is -0.448 e. The Morgan fingerprint density at radius 3 is 1.94 bits per heavy atom. The molecular weight excluding hydrogens is 446 g/mol. The number of fused-ring (bicyclic) bond motifs is 5. The van der Waals surface area contributed by atoms with E-state index in [2.05, 4.69) is 48.5 Å². The average Bonchev–Trinajstić information content (AvgIpc) is 3.20. The quantitative estimate of drug-likeness (QED) is 0.376. The van der Waals surface area contributed by atoms with Crippen LogP contribution in [0.15, 0.2) is 66.7 Å². The molecule has 2 fully saturated rings. The number of ether oxygens (including phenoxy) is 1. The van der Waals surface area contributed by atoms with E-state index in [4.69, 9.17) is 4.74 Å². The van der Waals surface area contributed by atoms with Gasteiger partial charge in [0, 0.05) is 29.5 Å². The van der Waals surface area contributed by atoms with Crippen LogP contribution in [0, 0.1) is 19.8 Å². The Morgan fingerprint density at radius 2 is 1.36 bits per heavy atom. The predicted octanol–water partition coefficient (Wildman–Crippen LogP) is 7.07. The van der Waals surface area contributed by atoms with Crippen molar-refractivity contribution in [3.05, 3.63) is 94.5 Å². The summed E-state index contributed by atoms with van der Waals surface area (Å²) in [7, 11) is 0. The molecule has 2 aliphatic heterocycles. The third kappa shape index (κ3) is 3.84. The number of nitrogens with zero attached hydrogens (tertiary/aromatic N) is 1. The summed E-state index contributed by atoms with van der Waals surface area (Å²) in [5.74, 6) is 0.275. The Balaban J connectivity index is 1.18. The Labute approximate surface area is 213 Å². The number of hydrogen-bond acceptors (Lipinski definition) is 3. The molecule has 3 aliphatic rings. The second-order valence-electron chi connectivity index (χ2n) is 10.7. The van der Waals surface area contributed by atoms with Crippen LogP contribution in [-0.4, -0.2) is 35.5 Å². The number of carbonyl (C=O) groups is 2. The second kappa shape index (κ2) is 9.24. The van der Waals surface area contributed by atoms with Gasteiger partial charge in [-0.05, 0) is 79.3 Å². The number of benzene rings is 3. The standard InChI is InChI=1S/C32H33NO3/c1-20-9-7-10-21(2)30(20)31(34)22-17-23-11-8-12-24(18-22)33(23)32(35)36-19-29-27-15-5-3-13-25(27)26-14-4-6-16-28(26)29/h3-7,9-10,13-16,22-24,29H,8,11-12,17-19H2,1-2H3. The molecule has 36 heavy (non-hydrogen) atoms. The first-order valence-electron chi connectivity index (χ1n) is 13.3. The van der Waals surface area contributed by atoms with Crippen molar-refractivity contribution in [1.82, 2.24) is 4.90 Å². The number of amides is 1. The highest BCUT2D eigenvalue weighted by Gasteiger charge is 2.44. The molecule has 2 unspecified atom stereocenters. The predicted molar refractivity (Wildman–Crippen MR) is 141 cm³/mol. The first-order valence-corrected chi connectivity index (χ1v) is 13.3. The lowest BCUT2D eigenvalue weighted by atomic mass is 9.75. The molecule has 6 rings (SSSR count). The van der Waals surface area contributed by atoms with Crippen LogP contribution in [-0.2, 0) is 4.74 Å². The topological polar surface area (TPSA) is 46.6 Å². The van der Waals surface area contributed by atoms with Gasteiger partial charge < -0.3 is 9.64 Å². The molecule has 1 amide bonds. The molecule has 3 aromatic rings. The molecule has 184 valence electrons. The van der Waals surface area contributed by atoms with E-state index in [-0.39, 0.29) is 35.8 Å². The fourth-order valence-corrected chi connectivity index (χ4v) is 6.97. The van der Waals surface area contributed by atoms with E-state index < -0.39 is 0 Å². The molecule has 2 saturated heterocycles. The monoisotopic (exact) mass is 479 g/mol. The van der Waals surface area contributed by atoms with Crippen molar-refractivity contribution in [2.45, 2.75) is 64.0 Å². The van der Waals surface area contributed by atoms with E-state index in [1.54, 1.807) is 0 Å². The van der Waals surface area contributed by atoms with Crippen molar-refractivity contribution in [3.8, 4) is 11.1 Å². The van der Waals surface area contributed by atoms with E-state index >= 15 is 0 Å². The first-order chi connectivity index (χ1) is 17.5. The Kier molecular flexibility index (Phi) is 5.91. The van der Waals surface area contributed by atoms with Gasteiger partial charge in [0.05, 0.1) is 0 Å². The second-order valence-corrected chi connectivity index (χ2v) is 10.7. The number of hydrogen-bond donors (Lipinski definition) is 0. The number of piperidine rings is 2. The zero-order chi connectivity index (χ0) is 24.8. The third-order valence-electron chi connectivity index (χ3n) is 8.62.